The lowest BCUT2D eigenvalue weighted by atomic mass is 10.1. The van der Waals surface area contributed by atoms with Gasteiger partial charge in [0, 0.05) is 52.5 Å². The number of sulfonamides is 1. The lowest BCUT2D eigenvalue weighted by Crippen LogP contribution is -2.43. The smallest absolute Gasteiger partial charge is 0.311 e. The summed E-state index contributed by atoms with van der Waals surface area (Å²) < 4.78 is 32.5. The van der Waals surface area contributed by atoms with Crippen LogP contribution in [0.1, 0.15) is 16.7 Å². The molecule has 0 unspecified atom stereocenters. The third-order valence-electron chi connectivity index (χ3n) is 5.67. The fourth-order valence-electron chi connectivity index (χ4n) is 3.69. The van der Waals surface area contributed by atoms with Gasteiger partial charge in [-0.15, -0.1) is 0 Å². The highest BCUT2D eigenvalue weighted by molar-refractivity contribution is 7.89. The van der Waals surface area contributed by atoms with Gasteiger partial charge >= 0.3 is 11.8 Å². The average molecular weight is 520 g/mol. The van der Waals surface area contributed by atoms with Crippen LogP contribution in [0, 0.1) is 13.8 Å². The highest BCUT2D eigenvalue weighted by Gasteiger charge is 2.26. The SMILES string of the molecule is CNCCNc1ccc(CN(C)C(=O)C(=O)NCCN(C)S(=O)(=O)c2c(C)cc(OC)cc2C)cc1. The van der Waals surface area contributed by atoms with Gasteiger partial charge in [-0.2, -0.15) is 4.31 Å². The molecule has 11 heteroatoms. The van der Waals surface area contributed by atoms with Crippen molar-refractivity contribution in [2.45, 2.75) is 25.3 Å². The zero-order valence-electron chi connectivity index (χ0n) is 21.8. The number of aryl methyl sites for hydroxylation is 2. The first-order chi connectivity index (χ1) is 17.0. The van der Waals surface area contributed by atoms with Crippen LogP contribution >= 0.6 is 0 Å². The van der Waals surface area contributed by atoms with Crippen molar-refractivity contribution in [1.29, 1.82) is 0 Å². The zero-order valence-corrected chi connectivity index (χ0v) is 22.7. The molecule has 198 valence electrons. The van der Waals surface area contributed by atoms with Crippen molar-refractivity contribution in [3.8, 4) is 5.75 Å². The summed E-state index contributed by atoms with van der Waals surface area (Å²) in [7, 11) is 2.61. The Bertz CT molecular complexity index is 1130. The number of hydrogen-bond donors (Lipinski definition) is 3. The molecule has 10 nitrogen and oxygen atoms in total. The Morgan fingerprint density at radius 3 is 2.14 bits per heavy atom. The molecule has 2 aromatic carbocycles. The van der Waals surface area contributed by atoms with Crippen molar-refractivity contribution < 1.29 is 22.7 Å². The Morgan fingerprint density at radius 1 is 0.972 bits per heavy atom. The first-order valence-electron chi connectivity index (χ1n) is 11.6. The summed E-state index contributed by atoms with van der Waals surface area (Å²) in [5, 5.41) is 8.85. The normalized spacial score (nSPS) is 11.3. The predicted molar refractivity (Wildman–Crippen MR) is 141 cm³/mol. The average Bonchev–Trinajstić information content (AvgIpc) is 2.83. The summed E-state index contributed by atoms with van der Waals surface area (Å²) in [5.74, 6) is -0.900. The molecule has 2 amide bonds. The van der Waals surface area contributed by atoms with Gasteiger partial charge in [-0.1, -0.05) is 12.1 Å². The monoisotopic (exact) mass is 519 g/mol. The lowest BCUT2D eigenvalue weighted by molar-refractivity contribution is -0.145. The van der Waals surface area contributed by atoms with Crippen molar-refractivity contribution in [3.63, 3.8) is 0 Å². The van der Waals surface area contributed by atoms with Crippen LogP contribution in [0.5, 0.6) is 5.75 Å². The quantitative estimate of drug-likeness (QED) is 0.286. The van der Waals surface area contributed by atoms with E-state index in [2.05, 4.69) is 16.0 Å². The van der Waals surface area contributed by atoms with E-state index in [4.69, 9.17) is 4.74 Å². The van der Waals surface area contributed by atoms with Crippen LogP contribution in [-0.2, 0) is 26.2 Å². The molecular formula is C25H37N5O5S. The molecule has 3 N–H and O–H groups in total. The van der Waals surface area contributed by atoms with E-state index in [1.54, 1.807) is 33.0 Å². The number of benzene rings is 2. The number of methoxy groups -OCH3 is 1. The molecule has 0 aliphatic heterocycles. The highest BCUT2D eigenvalue weighted by atomic mass is 32.2. The van der Waals surface area contributed by atoms with Crippen LogP contribution in [0.2, 0.25) is 0 Å². The second-order valence-corrected chi connectivity index (χ2v) is 10.5. The van der Waals surface area contributed by atoms with E-state index in [1.807, 2.05) is 31.3 Å². The number of rotatable bonds is 12. The number of amides is 2. The van der Waals surface area contributed by atoms with E-state index in [-0.39, 0.29) is 24.5 Å². The van der Waals surface area contributed by atoms with Gasteiger partial charge in [0.05, 0.1) is 12.0 Å². The number of ether oxygens (including phenoxy) is 1. The summed E-state index contributed by atoms with van der Waals surface area (Å²) in [4.78, 5) is 26.4. The number of carbonyl (C=O) groups is 2. The summed E-state index contributed by atoms with van der Waals surface area (Å²) >= 11 is 0. The molecule has 0 aliphatic carbocycles. The Hall–Kier alpha value is -3.15. The first kappa shape index (κ1) is 29.1. The molecule has 0 radical (unpaired) electrons. The van der Waals surface area contributed by atoms with Crippen LogP contribution < -0.4 is 20.7 Å². The van der Waals surface area contributed by atoms with Crippen LogP contribution in [0.25, 0.3) is 0 Å². The zero-order chi connectivity index (χ0) is 26.9. The molecule has 2 rings (SSSR count). The molecule has 0 fully saturated rings. The van der Waals surface area contributed by atoms with E-state index in [1.165, 1.54) is 19.1 Å². The van der Waals surface area contributed by atoms with E-state index in [0.29, 0.717) is 16.9 Å². The number of carbonyl (C=O) groups excluding carboxylic acids is 2. The Kier molecular flexibility index (Phi) is 10.7. The van der Waals surface area contributed by atoms with Gasteiger partial charge in [0.2, 0.25) is 10.0 Å². The molecule has 0 aliphatic rings. The van der Waals surface area contributed by atoms with Gasteiger partial charge in [-0.05, 0) is 61.9 Å². The van der Waals surface area contributed by atoms with Gasteiger partial charge in [-0.25, -0.2) is 8.42 Å². The number of nitrogens with zero attached hydrogens (tertiary/aromatic N) is 2. The van der Waals surface area contributed by atoms with Gasteiger partial charge in [-0.3, -0.25) is 9.59 Å². The van der Waals surface area contributed by atoms with Gasteiger partial charge in [0.15, 0.2) is 0 Å². The minimum atomic E-state index is -3.79. The maximum atomic E-state index is 13.1. The second-order valence-electron chi connectivity index (χ2n) is 8.56. The number of hydrogen-bond acceptors (Lipinski definition) is 7. The number of likely N-dealkylation sites (N-methyl/N-ethyl adjacent to an activating group) is 3. The topological polar surface area (TPSA) is 120 Å². The largest absolute Gasteiger partial charge is 0.497 e. The van der Waals surface area contributed by atoms with E-state index < -0.39 is 21.8 Å². The van der Waals surface area contributed by atoms with Crippen molar-refractivity contribution >= 4 is 27.5 Å². The van der Waals surface area contributed by atoms with E-state index in [0.717, 1.165) is 28.6 Å². The third-order valence-corrected chi connectivity index (χ3v) is 7.83. The Labute approximate surface area is 214 Å². The molecule has 0 heterocycles. The first-order valence-corrected chi connectivity index (χ1v) is 13.1. The minimum absolute atomic E-state index is 0.00459. The summed E-state index contributed by atoms with van der Waals surface area (Å²) in [6.45, 7) is 5.34. The molecular weight excluding hydrogens is 482 g/mol. The highest BCUT2D eigenvalue weighted by Crippen LogP contribution is 2.27. The van der Waals surface area contributed by atoms with Crippen LogP contribution in [0.15, 0.2) is 41.3 Å². The number of anilines is 1. The molecule has 0 spiro atoms. The molecule has 2 aromatic rings. The van der Waals surface area contributed by atoms with E-state index in [9.17, 15) is 18.0 Å². The summed E-state index contributed by atoms with van der Waals surface area (Å²) in [5.41, 5.74) is 3.00. The van der Waals surface area contributed by atoms with Gasteiger partial charge in [0.1, 0.15) is 5.75 Å². The van der Waals surface area contributed by atoms with Crippen molar-refractivity contribution in [2.75, 3.05) is 59.7 Å². The summed E-state index contributed by atoms with van der Waals surface area (Å²) in [6, 6.07) is 11.0. The van der Waals surface area contributed by atoms with Crippen molar-refractivity contribution in [1.82, 2.24) is 19.8 Å². The van der Waals surface area contributed by atoms with Crippen LogP contribution in [0.4, 0.5) is 5.69 Å². The molecule has 0 saturated carbocycles. The van der Waals surface area contributed by atoms with Crippen molar-refractivity contribution in [3.05, 3.63) is 53.1 Å². The van der Waals surface area contributed by atoms with Crippen molar-refractivity contribution in [2.24, 2.45) is 0 Å². The van der Waals surface area contributed by atoms with Gasteiger partial charge < -0.3 is 25.6 Å². The predicted octanol–water partition coefficient (Wildman–Crippen LogP) is 1.34. The maximum Gasteiger partial charge on any atom is 0.311 e. The molecule has 36 heavy (non-hydrogen) atoms. The lowest BCUT2D eigenvalue weighted by Gasteiger charge is -2.21. The standard InChI is InChI=1S/C25H37N5O5S/c1-18-15-22(35-6)16-19(2)23(18)36(33,34)30(5)14-13-28-24(31)25(32)29(4)17-20-7-9-21(10-8-20)27-12-11-26-3/h7-10,15-16,26-27H,11-14,17H2,1-6H3,(H,28,31). The fraction of sp³-hybridized carbons (Fsp3) is 0.440. The fourth-order valence-corrected chi connectivity index (χ4v) is 5.27. The second kappa shape index (κ2) is 13.2. The minimum Gasteiger partial charge on any atom is -0.497 e. The Morgan fingerprint density at radius 2 is 1.58 bits per heavy atom. The molecule has 0 aromatic heterocycles. The van der Waals surface area contributed by atoms with Crippen LogP contribution in [0.3, 0.4) is 0 Å². The number of nitrogens with one attached hydrogen (secondary N) is 3. The third kappa shape index (κ3) is 7.67. The van der Waals surface area contributed by atoms with Gasteiger partial charge in [0.25, 0.3) is 0 Å². The molecule has 0 bridgehead atoms. The Balaban J connectivity index is 1.89. The van der Waals surface area contributed by atoms with E-state index >= 15 is 0 Å². The maximum absolute atomic E-state index is 13.1. The summed E-state index contributed by atoms with van der Waals surface area (Å²) in [6.07, 6.45) is 0. The molecule has 0 atom stereocenters. The van der Waals surface area contributed by atoms with Crippen LogP contribution in [-0.4, -0.2) is 83.9 Å². The molecule has 0 saturated heterocycles.